The molecular formula is C15H10Cl2N2OS2. The predicted octanol–water partition coefficient (Wildman–Crippen LogP) is 5.58. The van der Waals surface area contributed by atoms with Crippen molar-refractivity contribution in [1.29, 1.82) is 0 Å². The fourth-order valence-corrected chi connectivity index (χ4v) is 4.01. The third-order valence-electron chi connectivity index (χ3n) is 3.02. The molecule has 0 aliphatic rings. The summed E-state index contributed by atoms with van der Waals surface area (Å²) in [6.07, 6.45) is 1.93. The van der Waals surface area contributed by atoms with Crippen LogP contribution in [0, 0.1) is 0 Å². The number of hydrogen-bond donors (Lipinski definition) is 1. The van der Waals surface area contributed by atoms with Crippen molar-refractivity contribution < 1.29 is 4.79 Å². The van der Waals surface area contributed by atoms with Crippen LogP contribution in [0.4, 0.5) is 5.13 Å². The van der Waals surface area contributed by atoms with Crippen molar-refractivity contribution in [1.82, 2.24) is 4.98 Å². The monoisotopic (exact) mass is 368 g/mol. The number of carbonyl (C=O) groups is 1. The van der Waals surface area contributed by atoms with Crippen LogP contribution >= 0.6 is 46.3 Å². The minimum Gasteiger partial charge on any atom is -0.298 e. The standard InChI is InChI=1S/C15H10Cl2N2OS2/c1-21-11-5-3-2-4-8(11)14(20)19-15-18-12-9(16)6-7-10(17)13(12)22-15/h2-7H,1H3,(H,18,19,20). The molecule has 0 atom stereocenters. The molecule has 3 nitrogen and oxygen atoms in total. The van der Waals surface area contributed by atoms with Gasteiger partial charge in [-0.3, -0.25) is 10.1 Å². The maximum absolute atomic E-state index is 12.4. The van der Waals surface area contributed by atoms with E-state index in [9.17, 15) is 4.79 Å². The zero-order chi connectivity index (χ0) is 15.7. The Kier molecular flexibility index (Phi) is 4.59. The van der Waals surface area contributed by atoms with Gasteiger partial charge in [0.25, 0.3) is 5.91 Å². The minimum atomic E-state index is -0.198. The minimum absolute atomic E-state index is 0.198. The fourth-order valence-electron chi connectivity index (χ4n) is 1.99. The Morgan fingerprint density at radius 2 is 1.91 bits per heavy atom. The van der Waals surface area contributed by atoms with E-state index in [1.54, 1.807) is 18.2 Å². The van der Waals surface area contributed by atoms with Gasteiger partial charge >= 0.3 is 0 Å². The van der Waals surface area contributed by atoms with E-state index in [0.29, 0.717) is 26.3 Å². The summed E-state index contributed by atoms with van der Waals surface area (Å²) in [4.78, 5) is 17.7. The van der Waals surface area contributed by atoms with Gasteiger partial charge < -0.3 is 0 Å². The summed E-state index contributed by atoms with van der Waals surface area (Å²) in [5.41, 5.74) is 1.22. The van der Waals surface area contributed by atoms with E-state index in [1.807, 2.05) is 24.5 Å². The molecule has 1 aromatic heterocycles. The van der Waals surface area contributed by atoms with E-state index in [1.165, 1.54) is 23.1 Å². The van der Waals surface area contributed by atoms with Crippen LogP contribution in [0.15, 0.2) is 41.3 Å². The molecule has 1 heterocycles. The van der Waals surface area contributed by atoms with Gasteiger partial charge in [-0.05, 0) is 30.5 Å². The fraction of sp³-hybridized carbons (Fsp3) is 0.0667. The van der Waals surface area contributed by atoms with E-state index in [-0.39, 0.29) is 5.91 Å². The number of nitrogens with zero attached hydrogens (tertiary/aromatic N) is 1. The van der Waals surface area contributed by atoms with Crippen LogP contribution in [0.1, 0.15) is 10.4 Å². The maximum atomic E-state index is 12.4. The number of amides is 1. The average molecular weight is 369 g/mol. The SMILES string of the molecule is CSc1ccccc1C(=O)Nc1nc2c(Cl)ccc(Cl)c2s1. The summed E-state index contributed by atoms with van der Waals surface area (Å²) in [7, 11) is 0. The molecule has 0 aliphatic heterocycles. The molecule has 2 aromatic carbocycles. The second-order valence-corrected chi connectivity index (χ2v) is 7.04. The van der Waals surface area contributed by atoms with Crippen molar-refractivity contribution in [2.24, 2.45) is 0 Å². The Hall–Kier alpha value is -1.27. The first-order valence-electron chi connectivity index (χ1n) is 6.29. The second kappa shape index (κ2) is 6.46. The predicted molar refractivity (Wildman–Crippen MR) is 95.8 cm³/mol. The third-order valence-corrected chi connectivity index (χ3v) is 5.55. The summed E-state index contributed by atoms with van der Waals surface area (Å²) in [5, 5.41) is 4.38. The smallest absolute Gasteiger partial charge is 0.258 e. The lowest BCUT2D eigenvalue weighted by Crippen LogP contribution is -2.12. The first kappa shape index (κ1) is 15.6. The molecule has 1 N–H and O–H groups in total. The van der Waals surface area contributed by atoms with E-state index in [2.05, 4.69) is 10.3 Å². The van der Waals surface area contributed by atoms with Crippen molar-refractivity contribution in [3.63, 3.8) is 0 Å². The van der Waals surface area contributed by atoms with Crippen LogP contribution in [0.5, 0.6) is 0 Å². The Labute approximate surface area is 145 Å². The third kappa shape index (κ3) is 2.94. The normalized spacial score (nSPS) is 10.9. The Morgan fingerprint density at radius 3 is 2.64 bits per heavy atom. The number of nitrogens with one attached hydrogen (secondary N) is 1. The number of hydrogen-bond acceptors (Lipinski definition) is 4. The molecule has 0 saturated carbocycles. The summed E-state index contributed by atoms with van der Waals surface area (Å²) in [6.45, 7) is 0. The van der Waals surface area contributed by atoms with Crippen molar-refractivity contribution in [3.05, 3.63) is 52.0 Å². The van der Waals surface area contributed by atoms with Gasteiger partial charge in [-0.2, -0.15) is 0 Å². The Bertz CT molecular complexity index is 825. The highest BCUT2D eigenvalue weighted by molar-refractivity contribution is 7.98. The van der Waals surface area contributed by atoms with Crippen molar-refractivity contribution >= 4 is 67.6 Å². The number of carbonyl (C=O) groups excluding carboxylic acids is 1. The number of fused-ring (bicyclic) bond motifs is 1. The van der Waals surface area contributed by atoms with Gasteiger partial charge in [0.05, 0.1) is 20.3 Å². The topological polar surface area (TPSA) is 42.0 Å². The quantitative estimate of drug-likeness (QED) is 0.613. The Balaban J connectivity index is 1.95. The highest BCUT2D eigenvalue weighted by Gasteiger charge is 2.15. The van der Waals surface area contributed by atoms with E-state index in [0.717, 1.165) is 9.60 Å². The van der Waals surface area contributed by atoms with Crippen LogP contribution in [0.2, 0.25) is 10.0 Å². The molecule has 0 saturated heterocycles. The highest BCUT2D eigenvalue weighted by Crippen LogP contribution is 2.36. The van der Waals surface area contributed by atoms with E-state index < -0.39 is 0 Å². The maximum Gasteiger partial charge on any atom is 0.258 e. The lowest BCUT2D eigenvalue weighted by atomic mass is 10.2. The largest absolute Gasteiger partial charge is 0.298 e. The highest BCUT2D eigenvalue weighted by atomic mass is 35.5. The number of thiazole rings is 1. The first-order chi connectivity index (χ1) is 10.6. The van der Waals surface area contributed by atoms with Gasteiger partial charge in [-0.15, -0.1) is 11.8 Å². The molecule has 3 aromatic rings. The van der Waals surface area contributed by atoms with Gasteiger partial charge in [0.1, 0.15) is 5.52 Å². The number of halogens is 2. The Morgan fingerprint density at radius 1 is 1.18 bits per heavy atom. The van der Waals surface area contributed by atoms with Crippen LogP contribution in [0.25, 0.3) is 10.2 Å². The van der Waals surface area contributed by atoms with Gasteiger partial charge in [0, 0.05) is 4.90 Å². The molecule has 0 fully saturated rings. The molecule has 0 bridgehead atoms. The second-order valence-electron chi connectivity index (χ2n) is 4.38. The van der Waals surface area contributed by atoms with Crippen LogP contribution in [-0.2, 0) is 0 Å². The zero-order valence-electron chi connectivity index (χ0n) is 11.4. The lowest BCUT2D eigenvalue weighted by molar-refractivity contribution is 0.102. The molecule has 22 heavy (non-hydrogen) atoms. The number of benzene rings is 2. The molecule has 7 heteroatoms. The lowest BCUT2D eigenvalue weighted by Gasteiger charge is -2.05. The molecule has 112 valence electrons. The van der Waals surface area contributed by atoms with Crippen LogP contribution < -0.4 is 5.32 Å². The van der Waals surface area contributed by atoms with Gasteiger partial charge in [0.15, 0.2) is 5.13 Å². The molecule has 0 aliphatic carbocycles. The summed E-state index contributed by atoms with van der Waals surface area (Å²) >= 11 is 15.1. The molecule has 1 amide bonds. The molecule has 0 unspecified atom stereocenters. The summed E-state index contributed by atoms with van der Waals surface area (Å²) < 4.78 is 0.766. The summed E-state index contributed by atoms with van der Waals surface area (Å²) in [5.74, 6) is -0.198. The van der Waals surface area contributed by atoms with Gasteiger partial charge in [0.2, 0.25) is 0 Å². The van der Waals surface area contributed by atoms with Crippen molar-refractivity contribution in [2.45, 2.75) is 4.90 Å². The van der Waals surface area contributed by atoms with Gasteiger partial charge in [-0.1, -0.05) is 46.7 Å². The number of thioether (sulfide) groups is 1. The molecular weight excluding hydrogens is 359 g/mol. The molecule has 0 spiro atoms. The number of aromatic nitrogens is 1. The summed E-state index contributed by atoms with van der Waals surface area (Å²) in [6, 6.07) is 10.8. The van der Waals surface area contributed by atoms with E-state index in [4.69, 9.17) is 23.2 Å². The molecule has 0 radical (unpaired) electrons. The average Bonchev–Trinajstić information content (AvgIpc) is 2.96. The first-order valence-corrected chi connectivity index (χ1v) is 9.09. The van der Waals surface area contributed by atoms with Crippen LogP contribution in [0.3, 0.4) is 0 Å². The number of anilines is 1. The van der Waals surface area contributed by atoms with Crippen molar-refractivity contribution in [3.8, 4) is 0 Å². The molecule has 3 rings (SSSR count). The number of rotatable bonds is 3. The van der Waals surface area contributed by atoms with Gasteiger partial charge in [-0.25, -0.2) is 4.98 Å². The van der Waals surface area contributed by atoms with E-state index >= 15 is 0 Å². The van der Waals surface area contributed by atoms with Crippen LogP contribution in [-0.4, -0.2) is 17.1 Å². The van der Waals surface area contributed by atoms with Crippen molar-refractivity contribution in [2.75, 3.05) is 11.6 Å². The zero-order valence-corrected chi connectivity index (χ0v) is 14.5.